The summed E-state index contributed by atoms with van der Waals surface area (Å²) in [6.07, 6.45) is 1.93. The Hall–Kier alpha value is -1.65. The first kappa shape index (κ1) is 17.4. The van der Waals surface area contributed by atoms with Gasteiger partial charge in [0.2, 0.25) is 0 Å². The highest BCUT2D eigenvalue weighted by Gasteiger charge is 2.19. The largest absolute Gasteiger partial charge is 0.383 e. The lowest BCUT2D eigenvalue weighted by molar-refractivity contribution is 0.0700. The van der Waals surface area contributed by atoms with Gasteiger partial charge in [-0.3, -0.25) is 4.79 Å². The molecule has 0 aliphatic carbocycles. The summed E-state index contributed by atoms with van der Waals surface area (Å²) in [5, 5.41) is 11.8. The molecule has 6 nitrogen and oxygen atoms in total. The van der Waals surface area contributed by atoms with Crippen LogP contribution in [0.1, 0.15) is 23.7 Å². The summed E-state index contributed by atoms with van der Waals surface area (Å²) in [6, 6.07) is 3.79. The number of nitrogens with one attached hydrogen (secondary N) is 1. The predicted octanol–water partition coefficient (Wildman–Crippen LogP) is 2.28. The minimum atomic E-state index is -0.160. The summed E-state index contributed by atoms with van der Waals surface area (Å²) >= 11 is 3.33. The number of carbonyl (C=O) groups excluding carboxylic acids is 1. The van der Waals surface area contributed by atoms with Crippen LogP contribution in [0.15, 0.2) is 16.7 Å². The number of methoxy groups -OCH3 is 1. The molecule has 0 saturated heterocycles. The van der Waals surface area contributed by atoms with Crippen molar-refractivity contribution in [2.45, 2.75) is 13.3 Å². The van der Waals surface area contributed by atoms with Crippen LogP contribution in [0.2, 0.25) is 0 Å². The molecule has 7 heteroatoms. The average Bonchev–Trinajstić information content (AvgIpc) is 2.49. The lowest BCUT2D eigenvalue weighted by atomic mass is 10.2. The minimum absolute atomic E-state index is 0.160. The highest BCUT2D eigenvalue weighted by Crippen LogP contribution is 2.20. The van der Waals surface area contributed by atoms with Crippen LogP contribution in [-0.2, 0) is 4.74 Å². The Labute approximate surface area is 133 Å². The summed E-state index contributed by atoms with van der Waals surface area (Å²) < 4.78 is 5.76. The Bertz CT molecular complexity index is 516. The van der Waals surface area contributed by atoms with Crippen molar-refractivity contribution in [1.29, 1.82) is 5.26 Å². The summed E-state index contributed by atoms with van der Waals surface area (Å²) in [5.41, 5.74) is 0.486. The van der Waals surface area contributed by atoms with E-state index in [1.165, 1.54) is 0 Å². The van der Waals surface area contributed by atoms with Crippen molar-refractivity contribution in [2.24, 2.45) is 0 Å². The number of ether oxygens (including phenoxy) is 1. The van der Waals surface area contributed by atoms with Crippen LogP contribution >= 0.6 is 15.9 Å². The molecule has 0 radical (unpaired) electrons. The second-order valence-electron chi connectivity index (χ2n) is 4.27. The van der Waals surface area contributed by atoms with Gasteiger partial charge in [0.15, 0.2) is 0 Å². The second kappa shape index (κ2) is 9.32. The zero-order chi connectivity index (χ0) is 15.7. The maximum Gasteiger partial charge on any atom is 0.257 e. The van der Waals surface area contributed by atoms with E-state index in [4.69, 9.17) is 10.00 Å². The third-order valence-electron chi connectivity index (χ3n) is 2.78. The average molecular weight is 355 g/mol. The molecule has 0 aliphatic heterocycles. The number of pyridine rings is 1. The van der Waals surface area contributed by atoms with E-state index in [0.29, 0.717) is 37.6 Å². The SMILES string of the molecule is CCNc1ncc(Br)cc1C(=O)N(CCC#N)CCOC. The van der Waals surface area contributed by atoms with Crippen LogP contribution in [-0.4, -0.2) is 49.1 Å². The molecule has 1 amide bonds. The quantitative estimate of drug-likeness (QED) is 0.774. The molecular weight excluding hydrogens is 336 g/mol. The molecule has 0 aliphatic rings. The lowest BCUT2D eigenvalue weighted by Crippen LogP contribution is -2.35. The Morgan fingerprint density at radius 1 is 1.57 bits per heavy atom. The number of halogens is 1. The number of hydrogen-bond acceptors (Lipinski definition) is 5. The molecule has 1 aromatic heterocycles. The number of anilines is 1. The molecule has 1 N–H and O–H groups in total. The van der Waals surface area contributed by atoms with Crippen molar-refractivity contribution in [3.8, 4) is 6.07 Å². The molecule has 1 heterocycles. The molecule has 0 saturated carbocycles. The van der Waals surface area contributed by atoms with E-state index >= 15 is 0 Å². The number of amides is 1. The fraction of sp³-hybridized carbons (Fsp3) is 0.500. The first-order valence-corrected chi connectivity index (χ1v) is 7.47. The van der Waals surface area contributed by atoms with Crippen molar-refractivity contribution >= 4 is 27.7 Å². The van der Waals surface area contributed by atoms with Crippen molar-refractivity contribution < 1.29 is 9.53 Å². The first-order chi connectivity index (χ1) is 10.1. The predicted molar refractivity (Wildman–Crippen MR) is 84.1 cm³/mol. The summed E-state index contributed by atoms with van der Waals surface area (Å²) in [4.78, 5) is 18.5. The van der Waals surface area contributed by atoms with Gasteiger partial charge in [0.25, 0.3) is 5.91 Å². The van der Waals surface area contributed by atoms with Gasteiger partial charge in [0, 0.05) is 37.4 Å². The zero-order valence-corrected chi connectivity index (χ0v) is 13.8. The Balaban J connectivity index is 3.00. The zero-order valence-electron chi connectivity index (χ0n) is 12.2. The number of aromatic nitrogens is 1. The van der Waals surface area contributed by atoms with Crippen LogP contribution < -0.4 is 5.32 Å². The van der Waals surface area contributed by atoms with Crippen LogP contribution in [0.3, 0.4) is 0 Å². The van der Waals surface area contributed by atoms with E-state index in [9.17, 15) is 4.79 Å². The van der Waals surface area contributed by atoms with Crippen molar-refractivity contribution in [2.75, 3.05) is 38.7 Å². The number of nitriles is 1. The molecule has 0 aromatic carbocycles. The number of nitrogens with zero attached hydrogens (tertiary/aromatic N) is 3. The van der Waals surface area contributed by atoms with Gasteiger partial charge in [-0.05, 0) is 28.9 Å². The lowest BCUT2D eigenvalue weighted by Gasteiger charge is -2.22. The first-order valence-electron chi connectivity index (χ1n) is 6.68. The van der Waals surface area contributed by atoms with Gasteiger partial charge in [0.05, 0.1) is 24.7 Å². The Morgan fingerprint density at radius 3 is 2.95 bits per heavy atom. The maximum atomic E-state index is 12.7. The molecule has 1 aromatic rings. The van der Waals surface area contributed by atoms with Gasteiger partial charge in [0.1, 0.15) is 5.82 Å². The van der Waals surface area contributed by atoms with Gasteiger partial charge in [-0.15, -0.1) is 0 Å². The van der Waals surface area contributed by atoms with Gasteiger partial charge in [-0.1, -0.05) is 0 Å². The molecule has 1 rings (SSSR count). The highest BCUT2D eigenvalue weighted by molar-refractivity contribution is 9.10. The van der Waals surface area contributed by atoms with Crippen LogP contribution in [0.4, 0.5) is 5.82 Å². The molecular formula is C14H19BrN4O2. The fourth-order valence-electron chi connectivity index (χ4n) is 1.78. The third-order valence-corrected chi connectivity index (χ3v) is 3.21. The monoisotopic (exact) mass is 354 g/mol. The molecule has 0 fully saturated rings. The third kappa shape index (κ3) is 5.33. The molecule has 0 unspecified atom stereocenters. The Kier molecular flexibility index (Phi) is 7.72. The molecule has 0 atom stereocenters. The number of hydrogen-bond donors (Lipinski definition) is 1. The van der Waals surface area contributed by atoms with Crippen LogP contribution in [0.5, 0.6) is 0 Å². The van der Waals surface area contributed by atoms with Gasteiger partial charge in [-0.25, -0.2) is 4.98 Å². The van der Waals surface area contributed by atoms with Crippen molar-refractivity contribution in [1.82, 2.24) is 9.88 Å². The molecule has 21 heavy (non-hydrogen) atoms. The summed E-state index contributed by atoms with van der Waals surface area (Å²) in [7, 11) is 1.58. The molecule has 0 spiro atoms. The highest BCUT2D eigenvalue weighted by atomic mass is 79.9. The van der Waals surface area contributed by atoms with Crippen molar-refractivity contribution in [3.63, 3.8) is 0 Å². The van der Waals surface area contributed by atoms with Crippen molar-refractivity contribution in [3.05, 3.63) is 22.3 Å². The van der Waals surface area contributed by atoms with E-state index in [1.54, 1.807) is 24.3 Å². The van der Waals surface area contributed by atoms with E-state index in [1.807, 2.05) is 6.92 Å². The second-order valence-corrected chi connectivity index (χ2v) is 5.19. The number of carbonyl (C=O) groups is 1. The van der Waals surface area contributed by atoms with E-state index in [0.717, 1.165) is 4.47 Å². The van der Waals surface area contributed by atoms with E-state index < -0.39 is 0 Å². The van der Waals surface area contributed by atoms with E-state index in [2.05, 4.69) is 32.3 Å². The smallest absolute Gasteiger partial charge is 0.257 e. The molecule has 114 valence electrons. The normalized spacial score (nSPS) is 10.0. The summed E-state index contributed by atoms with van der Waals surface area (Å²) in [5.74, 6) is 0.386. The van der Waals surface area contributed by atoms with Gasteiger partial charge in [-0.2, -0.15) is 5.26 Å². The van der Waals surface area contributed by atoms with Crippen LogP contribution in [0, 0.1) is 11.3 Å². The minimum Gasteiger partial charge on any atom is -0.383 e. The fourth-order valence-corrected chi connectivity index (χ4v) is 2.11. The Morgan fingerprint density at radius 2 is 2.33 bits per heavy atom. The van der Waals surface area contributed by atoms with Crippen LogP contribution in [0.25, 0.3) is 0 Å². The van der Waals surface area contributed by atoms with Gasteiger partial charge < -0.3 is 15.0 Å². The standard InChI is InChI=1S/C14H19BrN4O2/c1-3-17-13-12(9-11(15)10-18-13)14(20)19(6-4-5-16)7-8-21-2/h9-10H,3-4,6-8H2,1-2H3,(H,17,18). The summed E-state index contributed by atoms with van der Waals surface area (Å²) in [6.45, 7) is 3.85. The number of rotatable bonds is 8. The van der Waals surface area contributed by atoms with E-state index in [-0.39, 0.29) is 12.3 Å². The maximum absolute atomic E-state index is 12.7. The topological polar surface area (TPSA) is 78.3 Å². The molecule has 0 bridgehead atoms. The van der Waals surface area contributed by atoms with Gasteiger partial charge >= 0.3 is 0 Å².